The SMILES string of the molecule is NC(=O)N1CCCC(C(N)=O)(c2ccccc2)C1. The first kappa shape index (κ1) is 12.4. The summed E-state index contributed by atoms with van der Waals surface area (Å²) in [6.07, 6.45) is 1.37. The average Bonchev–Trinajstić information content (AvgIpc) is 2.39. The molecule has 0 saturated carbocycles. The molecule has 1 aliphatic rings. The zero-order chi connectivity index (χ0) is 13.2. The highest BCUT2D eigenvalue weighted by Gasteiger charge is 2.43. The van der Waals surface area contributed by atoms with Gasteiger partial charge in [0, 0.05) is 13.1 Å². The number of hydrogen-bond acceptors (Lipinski definition) is 2. The lowest BCUT2D eigenvalue weighted by Crippen LogP contribution is -2.56. The number of carbonyl (C=O) groups is 2. The summed E-state index contributed by atoms with van der Waals surface area (Å²) >= 11 is 0. The van der Waals surface area contributed by atoms with Gasteiger partial charge < -0.3 is 16.4 Å². The van der Waals surface area contributed by atoms with Crippen molar-refractivity contribution in [2.75, 3.05) is 13.1 Å². The lowest BCUT2D eigenvalue weighted by atomic mass is 9.73. The molecular weight excluding hydrogens is 230 g/mol. The fraction of sp³-hybridized carbons (Fsp3) is 0.385. The average molecular weight is 247 g/mol. The number of amides is 3. The maximum absolute atomic E-state index is 11.9. The van der Waals surface area contributed by atoms with Gasteiger partial charge in [0.2, 0.25) is 5.91 Å². The third-order valence-corrected chi connectivity index (χ3v) is 3.60. The van der Waals surface area contributed by atoms with E-state index in [9.17, 15) is 9.59 Å². The lowest BCUT2D eigenvalue weighted by molar-refractivity contribution is -0.125. The third-order valence-electron chi connectivity index (χ3n) is 3.60. The van der Waals surface area contributed by atoms with Crippen LogP contribution in [0.15, 0.2) is 30.3 Å². The summed E-state index contributed by atoms with van der Waals surface area (Å²) in [5.41, 5.74) is 10.9. The van der Waals surface area contributed by atoms with Crippen LogP contribution in [0, 0.1) is 0 Å². The van der Waals surface area contributed by atoms with Crippen molar-refractivity contribution in [1.29, 1.82) is 0 Å². The molecule has 0 spiro atoms. The maximum atomic E-state index is 11.9. The van der Waals surface area contributed by atoms with Crippen molar-refractivity contribution in [2.24, 2.45) is 11.5 Å². The Bertz CT molecular complexity index is 461. The zero-order valence-electron chi connectivity index (χ0n) is 10.1. The number of carbonyl (C=O) groups excluding carboxylic acids is 2. The minimum absolute atomic E-state index is 0.266. The largest absolute Gasteiger partial charge is 0.369 e. The van der Waals surface area contributed by atoms with Crippen molar-refractivity contribution < 1.29 is 9.59 Å². The summed E-state index contributed by atoms with van der Waals surface area (Å²) in [7, 11) is 0. The Kier molecular flexibility index (Phi) is 3.23. The molecule has 1 unspecified atom stereocenters. The van der Waals surface area contributed by atoms with Crippen molar-refractivity contribution >= 4 is 11.9 Å². The number of nitrogens with zero attached hydrogens (tertiary/aromatic N) is 1. The van der Waals surface area contributed by atoms with E-state index in [0.29, 0.717) is 13.0 Å². The molecule has 96 valence electrons. The van der Waals surface area contributed by atoms with Crippen LogP contribution in [0.2, 0.25) is 0 Å². The molecule has 0 radical (unpaired) electrons. The first-order chi connectivity index (χ1) is 8.56. The van der Waals surface area contributed by atoms with Gasteiger partial charge in [-0.1, -0.05) is 30.3 Å². The van der Waals surface area contributed by atoms with Gasteiger partial charge >= 0.3 is 6.03 Å². The fourth-order valence-corrected chi connectivity index (χ4v) is 2.58. The van der Waals surface area contributed by atoms with Crippen molar-refractivity contribution in [3.63, 3.8) is 0 Å². The van der Waals surface area contributed by atoms with E-state index in [-0.39, 0.29) is 6.54 Å². The van der Waals surface area contributed by atoms with Gasteiger partial charge in [-0.15, -0.1) is 0 Å². The van der Waals surface area contributed by atoms with Crippen molar-refractivity contribution in [2.45, 2.75) is 18.3 Å². The van der Waals surface area contributed by atoms with E-state index in [1.54, 1.807) is 0 Å². The number of piperidine rings is 1. The van der Waals surface area contributed by atoms with Crippen molar-refractivity contribution in [3.8, 4) is 0 Å². The Labute approximate surface area is 106 Å². The van der Waals surface area contributed by atoms with Gasteiger partial charge in [0.15, 0.2) is 0 Å². The van der Waals surface area contributed by atoms with Gasteiger partial charge in [0.25, 0.3) is 0 Å². The first-order valence-electron chi connectivity index (χ1n) is 5.96. The highest BCUT2D eigenvalue weighted by atomic mass is 16.2. The van der Waals surface area contributed by atoms with Crippen LogP contribution in [-0.2, 0) is 10.2 Å². The summed E-state index contributed by atoms with van der Waals surface area (Å²) in [5.74, 6) is -0.403. The second-order valence-electron chi connectivity index (χ2n) is 4.68. The van der Waals surface area contributed by atoms with Crippen LogP contribution in [0.25, 0.3) is 0 Å². The van der Waals surface area contributed by atoms with E-state index in [0.717, 1.165) is 12.0 Å². The number of rotatable bonds is 2. The molecular formula is C13H17N3O2. The molecule has 5 heteroatoms. The minimum atomic E-state index is -0.811. The molecule has 18 heavy (non-hydrogen) atoms. The van der Waals surface area contributed by atoms with E-state index in [4.69, 9.17) is 11.5 Å². The summed E-state index contributed by atoms with van der Waals surface area (Å²) in [4.78, 5) is 24.7. The third kappa shape index (κ3) is 2.03. The molecule has 0 aliphatic carbocycles. The molecule has 4 N–H and O–H groups in total. The second kappa shape index (κ2) is 4.68. The van der Waals surface area contributed by atoms with E-state index < -0.39 is 17.4 Å². The van der Waals surface area contributed by atoms with Crippen molar-refractivity contribution in [1.82, 2.24) is 4.90 Å². The first-order valence-corrected chi connectivity index (χ1v) is 5.96. The van der Waals surface area contributed by atoms with Crippen molar-refractivity contribution in [3.05, 3.63) is 35.9 Å². The summed E-state index contributed by atoms with van der Waals surface area (Å²) in [5, 5.41) is 0. The molecule has 1 aliphatic heterocycles. The van der Waals surface area contributed by atoms with E-state index in [1.807, 2.05) is 30.3 Å². The molecule has 1 fully saturated rings. The predicted molar refractivity (Wildman–Crippen MR) is 67.7 cm³/mol. The molecule has 0 aromatic heterocycles. The lowest BCUT2D eigenvalue weighted by Gasteiger charge is -2.40. The van der Waals surface area contributed by atoms with Gasteiger partial charge in [0.05, 0.1) is 5.41 Å². The van der Waals surface area contributed by atoms with Crippen LogP contribution < -0.4 is 11.5 Å². The number of urea groups is 1. The standard InChI is InChI=1S/C13H17N3O2/c14-11(17)13(10-5-2-1-3-6-10)7-4-8-16(9-13)12(15)18/h1-3,5-6H,4,7-9H2,(H2,14,17)(H2,15,18). The van der Waals surface area contributed by atoms with Gasteiger partial charge in [-0.05, 0) is 18.4 Å². The summed E-state index contributed by atoms with van der Waals surface area (Å²) < 4.78 is 0. The number of benzene rings is 1. The normalized spacial score (nSPS) is 23.7. The Hall–Kier alpha value is -2.04. The Morgan fingerprint density at radius 2 is 1.83 bits per heavy atom. The number of likely N-dealkylation sites (tertiary alicyclic amines) is 1. The van der Waals surface area contributed by atoms with Crippen LogP contribution >= 0.6 is 0 Å². The molecule has 1 aromatic carbocycles. The maximum Gasteiger partial charge on any atom is 0.314 e. The van der Waals surface area contributed by atoms with Crippen LogP contribution in [0.5, 0.6) is 0 Å². The summed E-state index contributed by atoms with van der Waals surface area (Å²) in [6.45, 7) is 0.846. The van der Waals surface area contributed by atoms with E-state index in [1.165, 1.54) is 4.90 Å². The zero-order valence-corrected chi connectivity index (χ0v) is 10.1. The molecule has 1 atom stereocenters. The number of primary amides is 2. The van der Waals surface area contributed by atoms with Gasteiger partial charge in [-0.2, -0.15) is 0 Å². The summed E-state index contributed by atoms with van der Waals surface area (Å²) in [6, 6.07) is 8.85. The Balaban J connectivity index is 2.39. The number of hydrogen-bond donors (Lipinski definition) is 2. The second-order valence-corrected chi connectivity index (χ2v) is 4.68. The molecule has 2 rings (SSSR count). The Morgan fingerprint density at radius 1 is 1.17 bits per heavy atom. The molecule has 1 aromatic rings. The molecule has 1 heterocycles. The highest BCUT2D eigenvalue weighted by Crippen LogP contribution is 2.33. The van der Waals surface area contributed by atoms with Crippen LogP contribution in [0.3, 0.4) is 0 Å². The Morgan fingerprint density at radius 3 is 2.39 bits per heavy atom. The molecule has 1 saturated heterocycles. The van der Waals surface area contributed by atoms with Crippen LogP contribution in [-0.4, -0.2) is 29.9 Å². The predicted octanol–water partition coefficient (Wildman–Crippen LogP) is 0.584. The van der Waals surface area contributed by atoms with E-state index in [2.05, 4.69) is 0 Å². The quantitative estimate of drug-likeness (QED) is 0.800. The van der Waals surface area contributed by atoms with Crippen LogP contribution in [0.4, 0.5) is 4.79 Å². The van der Waals surface area contributed by atoms with Gasteiger partial charge in [-0.25, -0.2) is 4.79 Å². The number of nitrogens with two attached hydrogens (primary N) is 2. The molecule has 3 amide bonds. The topological polar surface area (TPSA) is 89.4 Å². The van der Waals surface area contributed by atoms with Crippen LogP contribution in [0.1, 0.15) is 18.4 Å². The monoisotopic (exact) mass is 247 g/mol. The smallest absolute Gasteiger partial charge is 0.314 e. The minimum Gasteiger partial charge on any atom is -0.369 e. The molecule has 5 nitrogen and oxygen atoms in total. The van der Waals surface area contributed by atoms with Gasteiger partial charge in [-0.3, -0.25) is 4.79 Å². The van der Waals surface area contributed by atoms with E-state index >= 15 is 0 Å². The fourth-order valence-electron chi connectivity index (χ4n) is 2.58. The highest BCUT2D eigenvalue weighted by molar-refractivity contribution is 5.88. The molecule has 0 bridgehead atoms. The van der Waals surface area contributed by atoms with Gasteiger partial charge in [0.1, 0.15) is 0 Å².